The number of fused-ring (bicyclic) bond motifs is 1. The lowest BCUT2D eigenvalue weighted by Crippen LogP contribution is -2.15. The fraction of sp³-hybridized carbons (Fsp3) is 0.375. The van der Waals surface area contributed by atoms with Crippen molar-refractivity contribution in [3.05, 3.63) is 40.0 Å². The second-order valence-electron chi connectivity index (χ2n) is 5.06. The van der Waals surface area contributed by atoms with E-state index in [4.69, 9.17) is 17.0 Å². The van der Waals surface area contributed by atoms with Crippen LogP contribution in [-0.4, -0.2) is 17.1 Å². The Bertz CT molecular complexity index is 688. The number of H-pyrrole nitrogens is 1. The van der Waals surface area contributed by atoms with Crippen molar-refractivity contribution >= 4 is 29.1 Å². The third-order valence-electron chi connectivity index (χ3n) is 3.07. The van der Waals surface area contributed by atoms with Gasteiger partial charge in [-0.1, -0.05) is 43.8 Å². The molecule has 0 aliphatic carbocycles. The summed E-state index contributed by atoms with van der Waals surface area (Å²) in [5.41, 5.74) is 2.36. The van der Waals surface area contributed by atoms with E-state index in [2.05, 4.69) is 11.9 Å². The SMILES string of the molecule is CCCc1c(C(=O)OC(C)C)c2ccccc2[nH]c1=S. The number of ether oxygens (including phenoxy) is 1. The number of esters is 1. The van der Waals surface area contributed by atoms with Crippen LogP contribution in [0, 0.1) is 4.64 Å². The van der Waals surface area contributed by atoms with Crippen LogP contribution in [0.15, 0.2) is 24.3 Å². The Balaban J connectivity index is 2.71. The highest BCUT2D eigenvalue weighted by Crippen LogP contribution is 2.24. The van der Waals surface area contributed by atoms with Gasteiger partial charge in [0.05, 0.1) is 11.7 Å². The number of aromatic amines is 1. The zero-order valence-electron chi connectivity index (χ0n) is 12.0. The van der Waals surface area contributed by atoms with Gasteiger partial charge in [-0.25, -0.2) is 4.79 Å². The molecule has 0 aliphatic rings. The Kier molecular flexibility index (Phi) is 4.55. The highest BCUT2D eigenvalue weighted by Gasteiger charge is 2.19. The minimum absolute atomic E-state index is 0.145. The molecule has 106 valence electrons. The number of para-hydroxylation sites is 1. The second kappa shape index (κ2) is 6.18. The molecule has 0 spiro atoms. The Hall–Kier alpha value is -1.68. The highest BCUT2D eigenvalue weighted by molar-refractivity contribution is 7.71. The Morgan fingerprint density at radius 3 is 2.70 bits per heavy atom. The van der Waals surface area contributed by atoms with Crippen molar-refractivity contribution in [3.8, 4) is 0 Å². The van der Waals surface area contributed by atoms with Gasteiger partial charge in [-0.3, -0.25) is 0 Å². The molecule has 0 aliphatic heterocycles. The zero-order valence-corrected chi connectivity index (χ0v) is 12.8. The summed E-state index contributed by atoms with van der Waals surface area (Å²) >= 11 is 5.40. The lowest BCUT2D eigenvalue weighted by atomic mass is 10.0. The molecule has 20 heavy (non-hydrogen) atoms. The summed E-state index contributed by atoms with van der Waals surface area (Å²) in [5, 5.41) is 0.871. The van der Waals surface area contributed by atoms with Crippen LogP contribution in [-0.2, 0) is 11.2 Å². The number of hydrogen-bond acceptors (Lipinski definition) is 3. The largest absolute Gasteiger partial charge is 0.459 e. The number of pyridine rings is 1. The summed E-state index contributed by atoms with van der Waals surface area (Å²) in [5.74, 6) is -0.292. The first-order valence-electron chi connectivity index (χ1n) is 6.89. The van der Waals surface area contributed by atoms with E-state index in [1.807, 2.05) is 38.1 Å². The lowest BCUT2D eigenvalue weighted by Gasteiger charge is -2.14. The summed E-state index contributed by atoms with van der Waals surface area (Å²) in [7, 11) is 0. The van der Waals surface area contributed by atoms with Gasteiger partial charge in [-0.15, -0.1) is 0 Å². The maximum Gasteiger partial charge on any atom is 0.339 e. The van der Waals surface area contributed by atoms with E-state index in [-0.39, 0.29) is 12.1 Å². The van der Waals surface area contributed by atoms with Crippen LogP contribution < -0.4 is 0 Å². The van der Waals surface area contributed by atoms with E-state index in [0.29, 0.717) is 10.2 Å². The van der Waals surface area contributed by atoms with Crippen LogP contribution in [0.4, 0.5) is 0 Å². The molecule has 0 saturated carbocycles. The molecule has 1 aromatic heterocycles. The summed E-state index contributed by atoms with van der Waals surface area (Å²) in [6.45, 7) is 5.77. The predicted octanol–water partition coefficient (Wildman–Crippen LogP) is 4.42. The van der Waals surface area contributed by atoms with E-state index in [9.17, 15) is 4.79 Å². The molecule has 2 aromatic rings. The molecule has 0 amide bonds. The number of aromatic nitrogens is 1. The van der Waals surface area contributed by atoms with Crippen LogP contribution in [0.1, 0.15) is 43.1 Å². The standard InChI is InChI=1S/C16H19NO2S/c1-4-7-12-14(16(18)19-10(2)3)11-8-5-6-9-13(11)17-15(12)20/h5-6,8-10H,4,7H2,1-3H3,(H,17,20). The smallest absolute Gasteiger partial charge is 0.339 e. The molecule has 0 fully saturated rings. The van der Waals surface area contributed by atoms with Crippen LogP contribution in [0.2, 0.25) is 0 Å². The summed E-state index contributed by atoms with van der Waals surface area (Å²) < 4.78 is 6.01. The molecule has 2 rings (SSSR count). The minimum atomic E-state index is -0.292. The second-order valence-corrected chi connectivity index (χ2v) is 5.47. The molecule has 0 radical (unpaired) electrons. The van der Waals surface area contributed by atoms with Gasteiger partial charge in [0.2, 0.25) is 0 Å². The van der Waals surface area contributed by atoms with Gasteiger partial charge in [0.15, 0.2) is 0 Å². The van der Waals surface area contributed by atoms with Crippen LogP contribution >= 0.6 is 12.2 Å². The predicted molar refractivity (Wildman–Crippen MR) is 83.7 cm³/mol. The first-order valence-corrected chi connectivity index (χ1v) is 7.30. The number of hydrogen-bond donors (Lipinski definition) is 1. The van der Waals surface area contributed by atoms with E-state index in [1.165, 1.54) is 0 Å². The monoisotopic (exact) mass is 289 g/mol. The number of benzene rings is 1. The zero-order chi connectivity index (χ0) is 14.7. The average molecular weight is 289 g/mol. The molecular weight excluding hydrogens is 270 g/mol. The van der Waals surface area contributed by atoms with E-state index in [1.54, 1.807) is 0 Å². The Morgan fingerprint density at radius 2 is 2.05 bits per heavy atom. The fourth-order valence-electron chi connectivity index (χ4n) is 2.28. The Labute approximate surface area is 124 Å². The van der Waals surface area contributed by atoms with Crippen LogP contribution in [0.5, 0.6) is 0 Å². The summed E-state index contributed by atoms with van der Waals surface area (Å²) in [4.78, 5) is 15.6. The van der Waals surface area contributed by atoms with Crippen molar-refractivity contribution in [2.24, 2.45) is 0 Å². The van der Waals surface area contributed by atoms with E-state index >= 15 is 0 Å². The van der Waals surface area contributed by atoms with Gasteiger partial charge in [0, 0.05) is 16.5 Å². The Morgan fingerprint density at radius 1 is 1.35 bits per heavy atom. The maximum atomic E-state index is 12.4. The number of carbonyl (C=O) groups excluding carboxylic acids is 1. The first-order chi connectivity index (χ1) is 9.54. The molecule has 0 atom stereocenters. The van der Waals surface area contributed by atoms with Crippen molar-refractivity contribution in [1.82, 2.24) is 4.98 Å². The van der Waals surface area contributed by atoms with Crippen LogP contribution in [0.25, 0.3) is 10.9 Å². The molecule has 4 heteroatoms. The van der Waals surface area contributed by atoms with E-state index < -0.39 is 0 Å². The van der Waals surface area contributed by atoms with Gasteiger partial charge < -0.3 is 9.72 Å². The fourth-order valence-corrected chi connectivity index (χ4v) is 2.59. The third kappa shape index (κ3) is 2.90. The molecular formula is C16H19NO2S. The normalized spacial score (nSPS) is 11.0. The van der Waals surface area contributed by atoms with Gasteiger partial charge >= 0.3 is 5.97 Å². The molecule has 3 nitrogen and oxygen atoms in total. The van der Waals surface area contributed by atoms with Gasteiger partial charge in [0.1, 0.15) is 4.64 Å². The molecule has 1 aromatic carbocycles. The van der Waals surface area contributed by atoms with Crippen molar-refractivity contribution in [2.75, 3.05) is 0 Å². The minimum Gasteiger partial charge on any atom is -0.459 e. The molecule has 0 unspecified atom stereocenters. The lowest BCUT2D eigenvalue weighted by molar-refractivity contribution is 0.0379. The van der Waals surface area contributed by atoms with Crippen molar-refractivity contribution < 1.29 is 9.53 Å². The van der Waals surface area contributed by atoms with Gasteiger partial charge in [-0.2, -0.15) is 0 Å². The quantitative estimate of drug-likeness (QED) is 0.669. The molecule has 0 bridgehead atoms. The van der Waals surface area contributed by atoms with Gasteiger partial charge in [0.25, 0.3) is 0 Å². The number of nitrogens with one attached hydrogen (secondary N) is 1. The number of carbonyl (C=O) groups is 1. The van der Waals surface area contributed by atoms with Gasteiger partial charge in [-0.05, 0) is 26.3 Å². The summed E-state index contributed by atoms with van der Waals surface area (Å²) in [6.07, 6.45) is 1.55. The van der Waals surface area contributed by atoms with Crippen molar-refractivity contribution in [3.63, 3.8) is 0 Å². The topological polar surface area (TPSA) is 42.1 Å². The third-order valence-corrected chi connectivity index (χ3v) is 3.42. The molecule has 0 saturated heterocycles. The van der Waals surface area contributed by atoms with Crippen LogP contribution in [0.3, 0.4) is 0 Å². The average Bonchev–Trinajstić information content (AvgIpc) is 2.38. The summed E-state index contributed by atoms with van der Waals surface area (Å²) in [6, 6.07) is 7.69. The first kappa shape index (κ1) is 14.7. The van der Waals surface area contributed by atoms with Crippen molar-refractivity contribution in [1.29, 1.82) is 0 Å². The number of rotatable bonds is 4. The van der Waals surface area contributed by atoms with E-state index in [0.717, 1.165) is 29.3 Å². The highest BCUT2D eigenvalue weighted by atomic mass is 32.1. The molecule has 1 heterocycles. The molecule has 1 N–H and O–H groups in total. The maximum absolute atomic E-state index is 12.4. The van der Waals surface area contributed by atoms with Crippen molar-refractivity contribution in [2.45, 2.75) is 39.7 Å².